The van der Waals surface area contributed by atoms with E-state index in [0.29, 0.717) is 22.0 Å². The van der Waals surface area contributed by atoms with Crippen LogP contribution in [-0.4, -0.2) is 27.0 Å². The summed E-state index contributed by atoms with van der Waals surface area (Å²) in [6, 6.07) is 15.3. The fraction of sp³-hybridized carbons (Fsp3) is 0.0952. The van der Waals surface area contributed by atoms with Crippen molar-refractivity contribution in [3.8, 4) is 28.7 Å². The molecule has 2 heterocycles. The Kier molecular flexibility index (Phi) is 5.87. The molecule has 0 spiro atoms. The summed E-state index contributed by atoms with van der Waals surface area (Å²) in [6.45, 7) is -0.0178. The van der Waals surface area contributed by atoms with Crippen molar-refractivity contribution in [1.29, 1.82) is 0 Å². The standard InChI is InChI=1S/C21H14ClF3N4O3/c22-14-3-1-4-15(11-14)26-18(30)12-29-10-2-5-17(29)20-27-19(28-32-20)13-6-8-16(9-7-13)31-21(23,24)25/h1-11H,12H2,(H,26,30). The molecule has 1 N–H and O–H groups in total. The first-order valence-corrected chi connectivity index (χ1v) is 9.55. The molecule has 32 heavy (non-hydrogen) atoms. The van der Waals surface area contributed by atoms with Gasteiger partial charge < -0.3 is 19.1 Å². The average molecular weight is 463 g/mol. The van der Waals surface area contributed by atoms with Gasteiger partial charge >= 0.3 is 6.36 Å². The average Bonchev–Trinajstić information content (AvgIpc) is 3.36. The molecule has 0 aliphatic carbocycles. The zero-order chi connectivity index (χ0) is 22.7. The molecular formula is C21H14ClF3N4O3. The number of anilines is 1. The predicted molar refractivity (Wildman–Crippen MR) is 110 cm³/mol. The molecule has 0 saturated heterocycles. The normalized spacial score (nSPS) is 11.4. The van der Waals surface area contributed by atoms with Gasteiger partial charge in [-0.25, -0.2) is 0 Å². The molecule has 0 unspecified atom stereocenters. The smallest absolute Gasteiger partial charge is 0.406 e. The number of ether oxygens (including phenoxy) is 1. The van der Waals surface area contributed by atoms with Crippen molar-refractivity contribution in [2.75, 3.05) is 5.32 Å². The van der Waals surface area contributed by atoms with Crippen LogP contribution in [0.3, 0.4) is 0 Å². The van der Waals surface area contributed by atoms with Crippen molar-refractivity contribution in [2.24, 2.45) is 0 Å². The molecule has 0 fully saturated rings. The van der Waals surface area contributed by atoms with Crippen LogP contribution < -0.4 is 10.1 Å². The number of hydrogen-bond acceptors (Lipinski definition) is 5. The van der Waals surface area contributed by atoms with Crippen molar-refractivity contribution in [3.63, 3.8) is 0 Å². The van der Waals surface area contributed by atoms with E-state index in [1.807, 2.05) is 0 Å². The van der Waals surface area contributed by atoms with E-state index in [9.17, 15) is 18.0 Å². The molecule has 7 nitrogen and oxygen atoms in total. The molecule has 0 atom stereocenters. The number of rotatable bonds is 6. The highest BCUT2D eigenvalue weighted by atomic mass is 35.5. The van der Waals surface area contributed by atoms with Crippen LogP contribution in [0.15, 0.2) is 71.4 Å². The number of aromatic nitrogens is 3. The maximum atomic E-state index is 12.4. The van der Waals surface area contributed by atoms with Crippen LogP contribution in [0.25, 0.3) is 23.0 Å². The van der Waals surface area contributed by atoms with E-state index >= 15 is 0 Å². The molecule has 0 radical (unpaired) electrons. The molecule has 0 aliphatic rings. The fourth-order valence-corrected chi connectivity index (χ4v) is 3.11. The number of amides is 1. The highest BCUT2D eigenvalue weighted by Gasteiger charge is 2.31. The Morgan fingerprint density at radius 3 is 2.62 bits per heavy atom. The van der Waals surface area contributed by atoms with Gasteiger partial charge in [-0.1, -0.05) is 22.8 Å². The molecule has 164 valence electrons. The fourth-order valence-electron chi connectivity index (χ4n) is 2.92. The topological polar surface area (TPSA) is 82.2 Å². The van der Waals surface area contributed by atoms with Crippen molar-refractivity contribution in [2.45, 2.75) is 12.9 Å². The lowest BCUT2D eigenvalue weighted by Crippen LogP contribution is -2.18. The Morgan fingerprint density at radius 1 is 1.12 bits per heavy atom. The van der Waals surface area contributed by atoms with Gasteiger partial charge in [0.05, 0.1) is 0 Å². The quantitative estimate of drug-likeness (QED) is 0.415. The third-order valence-corrected chi connectivity index (χ3v) is 4.48. The lowest BCUT2D eigenvalue weighted by Gasteiger charge is -2.08. The monoisotopic (exact) mass is 462 g/mol. The van der Waals surface area contributed by atoms with Crippen molar-refractivity contribution in [3.05, 3.63) is 71.9 Å². The van der Waals surface area contributed by atoms with Crippen molar-refractivity contribution < 1.29 is 27.2 Å². The van der Waals surface area contributed by atoms with E-state index in [1.165, 1.54) is 12.1 Å². The number of nitrogens with zero attached hydrogens (tertiary/aromatic N) is 3. The lowest BCUT2D eigenvalue weighted by molar-refractivity contribution is -0.274. The van der Waals surface area contributed by atoms with E-state index < -0.39 is 6.36 Å². The van der Waals surface area contributed by atoms with Gasteiger partial charge in [0.1, 0.15) is 18.0 Å². The minimum Gasteiger partial charge on any atom is -0.406 e. The van der Waals surface area contributed by atoms with Crippen molar-refractivity contribution >= 4 is 23.2 Å². The molecular weight excluding hydrogens is 449 g/mol. The van der Waals surface area contributed by atoms with Gasteiger partial charge in [-0.3, -0.25) is 4.79 Å². The van der Waals surface area contributed by atoms with E-state index in [1.54, 1.807) is 47.2 Å². The molecule has 11 heteroatoms. The Labute approximate surface area is 184 Å². The predicted octanol–water partition coefficient (Wildman–Crippen LogP) is 5.40. The Morgan fingerprint density at radius 2 is 1.91 bits per heavy atom. The van der Waals surface area contributed by atoms with Gasteiger partial charge in [-0.05, 0) is 54.6 Å². The molecule has 2 aromatic heterocycles. The number of carbonyl (C=O) groups is 1. The van der Waals surface area contributed by atoms with Gasteiger partial charge in [0.15, 0.2) is 0 Å². The molecule has 0 bridgehead atoms. The maximum absolute atomic E-state index is 12.4. The van der Waals surface area contributed by atoms with E-state index in [0.717, 1.165) is 12.1 Å². The van der Waals surface area contributed by atoms with Gasteiger partial charge in [-0.15, -0.1) is 13.2 Å². The highest BCUT2D eigenvalue weighted by Crippen LogP contribution is 2.27. The number of carbonyl (C=O) groups excluding carboxylic acids is 1. The first-order valence-electron chi connectivity index (χ1n) is 9.18. The van der Waals surface area contributed by atoms with Crippen LogP contribution in [-0.2, 0) is 11.3 Å². The first-order chi connectivity index (χ1) is 15.3. The third-order valence-electron chi connectivity index (χ3n) is 4.24. The largest absolute Gasteiger partial charge is 0.573 e. The van der Waals surface area contributed by atoms with Crippen molar-refractivity contribution in [1.82, 2.24) is 14.7 Å². The minimum atomic E-state index is -4.77. The molecule has 0 saturated carbocycles. The summed E-state index contributed by atoms with van der Waals surface area (Å²) in [5.41, 5.74) is 1.50. The Hall–Kier alpha value is -3.79. The van der Waals surface area contributed by atoms with Crippen LogP contribution in [0.5, 0.6) is 5.75 Å². The molecule has 4 rings (SSSR count). The zero-order valence-corrected chi connectivity index (χ0v) is 16.9. The first kappa shape index (κ1) is 21.4. The number of benzene rings is 2. The Bertz CT molecular complexity index is 1240. The maximum Gasteiger partial charge on any atom is 0.573 e. The molecule has 4 aromatic rings. The van der Waals surface area contributed by atoms with E-state index in [4.69, 9.17) is 16.1 Å². The molecule has 0 aliphatic heterocycles. The SMILES string of the molecule is O=C(Cn1cccc1-c1nc(-c2ccc(OC(F)(F)F)cc2)no1)Nc1cccc(Cl)c1. The second-order valence-electron chi connectivity index (χ2n) is 6.58. The van der Waals surface area contributed by atoms with Crippen LogP contribution >= 0.6 is 11.6 Å². The van der Waals surface area contributed by atoms with Crippen LogP contribution in [0.2, 0.25) is 5.02 Å². The number of alkyl halides is 3. The van der Waals surface area contributed by atoms with Crippen LogP contribution in [0.4, 0.5) is 18.9 Å². The zero-order valence-electron chi connectivity index (χ0n) is 16.1. The lowest BCUT2D eigenvalue weighted by atomic mass is 10.2. The summed E-state index contributed by atoms with van der Waals surface area (Å²) < 4.78 is 47.6. The number of halogens is 4. The van der Waals surface area contributed by atoms with E-state index in [2.05, 4.69) is 20.2 Å². The number of nitrogens with one attached hydrogen (secondary N) is 1. The second-order valence-corrected chi connectivity index (χ2v) is 7.01. The van der Waals surface area contributed by atoms with Gasteiger partial charge in [0.25, 0.3) is 5.89 Å². The number of hydrogen-bond donors (Lipinski definition) is 1. The summed E-state index contributed by atoms with van der Waals surface area (Å²) >= 11 is 5.92. The molecule has 1 amide bonds. The minimum absolute atomic E-state index is 0.0178. The highest BCUT2D eigenvalue weighted by molar-refractivity contribution is 6.30. The Balaban J connectivity index is 1.47. The second kappa shape index (κ2) is 8.75. The summed E-state index contributed by atoms with van der Waals surface area (Å²) in [6.07, 6.45) is -3.09. The summed E-state index contributed by atoms with van der Waals surface area (Å²) in [7, 11) is 0. The summed E-state index contributed by atoms with van der Waals surface area (Å²) in [4.78, 5) is 16.7. The summed E-state index contributed by atoms with van der Waals surface area (Å²) in [5, 5.41) is 7.12. The van der Waals surface area contributed by atoms with Gasteiger partial charge in [-0.2, -0.15) is 4.98 Å². The molecule has 2 aromatic carbocycles. The summed E-state index contributed by atoms with van der Waals surface area (Å²) in [5.74, 6) is -0.319. The van der Waals surface area contributed by atoms with Crippen LogP contribution in [0.1, 0.15) is 0 Å². The van der Waals surface area contributed by atoms with Gasteiger partial charge in [0, 0.05) is 22.5 Å². The third kappa shape index (κ3) is 5.27. The van der Waals surface area contributed by atoms with Gasteiger partial charge in [0.2, 0.25) is 11.7 Å². The van der Waals surface area contributed by atoms with Crippen LogP contribution in [0, 0.1) is 0 Å². The van der Waals surface area contributed by atoms with E-state index in [-0.39, 0.29) is 29.9 Å².